The molecule has 0 saturated heterocycles. The summed E-state index contributed by atoms with van der Waals surface area (Å²) in [5.41, 5.74) is 5.50. The molecule has 0 aromatic rings. The molecule has 0 aliphatic carbocycles. The van der Waals surface area contributed by atoms with E-state index in [0.29, 0.717) is 6.42 Å². The Hall–Kier alpha value is -0.380. The zero-order valence-electron chi connectivity index (χ0n) is 8.84. The second kappa shape index (κ2) is 6.38. The highest BCUT2D eigenvalue weighted by molar-refractivity contribution is 7.87. The standard InChI is InChI=1S/C7H16F3N3O2S/c1-2-3-6(11)4-12-16(14,15)13-5-7(8,9)10/h6,12-13H,2-5,11H2,1H3. The van der Waals surface area contributed by atoms with Crippen LogP contribution in [0.2, 0.25) is 0 Å². The molecule has 0 fully saturated rings. The number of nitrogens with two attached hydrogens (primary N) is 1. The van der Waals surface area contributed by atoms with Crippen molar-refractivity contribution in [3.05, 3.63) is 0 Å². The molecule has 0 spiro atoms. The molecule has 98 valence electrons. The summed E-state index contributed by atoms with van der Waals surface area (Å²) in [6, 6.07) is -0.396. The fraction of sp³-hybridized carbons (Fsp3) is 1.00. The van der Waals surface area contributed by atoms with Gasteiger partial charge in [-0.1, -0.05) is 13.3 Å². The van der Waals surface area contributed by atoms with Crippen LogP contribution in [0.15, 0.2) is 0 Å². The third-order valence-corrected chi connectivity index (χ3v) is 2.73. The van der Waals surface area contributed by atoms with Gasteiger partial charge >= 0.3 is 6.18 Å². The van der Waals surface area contributed by atoms with Crippen LogP contribution in [0.5, 0.6) is 0 Å². The number of hydrogen-bond acceptors (Lipinski definition) is 3. The SMILES string of the molecule is CCCC(N)CNS(=O)(=O)NCC(F)(F)F. The van der Waals surface area contributed by atoms with E-state index in [9.17, 15) is 21.6 Å². The number of hydrogen-bond donors (Lipinski definition) is 3. The number of halogens is 3. The number of alkyl halides is 3. The number of rotatable bonds is 7. The average molecular weight is 263 g/mol. The summed E-state index contributed by atoms with van der Waals surface area (Å²) >= 11 is 0. The van der Waals surface area contributed by atoms with Crippen LogP contribution in [0.1, 0.15) is 19.8 Å². The highest BCUT2D eigenvalue weighted by Crippen LogP contribution is 2.12. The molecule has 0 amide bonds. The van der Waals surface area contributed by atoms with Crippen molar-refractivity contribution in [3.8, 4) is 0 Å². The predicted molar refractivity (Wildman–Crippen MR) is 53.9 cm³/mol. The Balaban J connectivity index is 3.97. The molecule has 5 nitrogen and oxygen atoms in total. The van der Waals surface area contributed by atoms with E-state index < -0.39 is 29.0 Å². The Bertz CT molecular complexity index is 292. The Kier molecular flexibility index (Phi) is 6.23. The molecule has 0 aromatic heterocycles. The zero-order chi connectivity index (χ0) is 12.8. The molecule has 0 rings (SSSR count). The van der Waals surface area contributed by atoms with Crippen LogP contribution >= 0.6 is 0 Å². The van der Waals surface area contributed by atoms with E-state index in [2.05, 4.69) is 0 Å². The molecule has 0 aliphatic rings. The lowest BCUT2D eigenvalue weighted by Crippen LogP contribution is -2.45. The van der Waals surface area contributed by atoms with Gasteiger partial charge in [0.25, 0.3) is 10.2 Å². The summed E-state index contributed by atoms with van der Waals surface area (Å²) in [5, 5.41) is 0. The molecule has 0 bridgehead atoms. The molecule has 16 heavy (non-hydrogen) atoms. The van der Waals surface area contributed by atoms with E-state index in [1.54, 1.807) is 0 Å². The monoisotopic (exact) mass is 263 g/mol. The Morgan fingerprint density at radius 1 is 1.31 bits per heavy atom. The minimum Gasteiger partial charge on any atom is -0.327 e. The van der Waals surface area contributed by atoms with Gasteiger partial charge in [0.05, 0.1) is 0 Å². The van der Waals surface area contributed by atoms with Crippen molar-refractivity contribution in [1.82, 2.24) is 9.44 Å². The second-order valence-corrected chi connectivity index (χ2v) is 4.92. The van der Waals surface area contributed by atoms with E-state index >= 15 is 0 Å². The van der Waals surface area contributed by atoms with Gasteiger partial charge in [0.1, 0.15) is 6.54 Å². The lowest BCUT2D eigenvalue weighted by Gasteiger charge is -2.13. The van der Waals surface area contributed by atoms with Crippen molar-refractivity contribution in [2.75, 3.05) is 13.1 Å². The van der Waals surface area contributed by atoms with Crippen LogP contribution in [0, 0.1) is 0 Å². The van der Waals surface area contributed by atoms with E-state index in [4.69, 9.17) is 5.73 Å². The molecule has 0 saturated carbocycles. The van der Waals surface area contributed by atoms with E-state index in [1.807, 2.05) is 11.6 Å². The van der Waals surface area contributed by atoms with Crippen LogP contribution in [0.3, 0.4) is 0 Å². The summed E-state index contributed by atoms with van der Waals surface area (Å²) < 4.78 is 60.5. The molecular formula is C7H16F3N3O2S. The quantitative estimate of drug-likeness (QED) is 0.609. The smallest absolute Gasteiger partial charge is 0.327 e. The first kappa shape index (κ1) is 15.6. The third kappa shape index (κ3) is 8.89. The van der Waals surface area contributed by atoms with Gasteiger partial charge in [0.2, 0.25) is 0 Å². The number of nitrogens with one attached hydrogen (secondary N) is 2. The van der Waals surface area contributed by atoms with Crippen molar-refractivity contribution in [2.45, 2.75) is 32.0 Å². The Morgan fingerprint density at radius 3 is 2.31 bits per heavy atom. The van der Waals surface area contributed by atoms with Gasteiger partial charge in [0.15, 0.2) is 0 Å². The van der Waals surface area contributed by atoms with Gasteiger partial charge in [-0.3, -0.25) is 0 Å². The largest absolute Gasteiger partial charge is 0.402 e. The lowest BCUT2D eigenvalue weighted by molar-refractivity contribution is -0.121. The van der Waals surface area contributed by atoms with Gasteiger partial charge in [-0.15, -0.1) is 0 Å². The van der Waals surface area contributed by atoms with Crippen LogP contribution in [-0.2, 0) is 10.2 Å². The first-order valence-electron chi connectivity index (χ1n) is 4.73. The molecule has 0 aromatic carbocycles. The van der Waals surface area contributed by atoms with Crippen LogP contribution < -0.4 is 15.2 Å². The van der Waals surface area contributed by atoms with E-state index in [-0.39, 0.29) is 6.54 Å². The maximum absolute atomic E-state index is 11.7. The average Bonchev–Trinajstić information content (AvgIpc) is 2.12. The molecule has 4 N–H and O–H groups in total. The molecule has 9 heteroatoms. The van der Waals surface area contributed by atoms with Crippen molar-refractivity contribution in [3.63, 3.8) is 0 Å². The highest BCUT2D eigenvalue weighted by Gasteiger charge is 2.29. The summed E-state index contributed by atoms with van der Waals surface area (Å²) in [7, 11) is -4.13. The highest BCUT2D eigenvalue weighted by atomic mass is 32.2. The van der Waals surface area contributed by atoms with Crippen molar-refractivity contribution in [1.29, 1.82) is 0 Å². The lowest BCUT2D eigenvalue weighted by atomic mass is 10.2. The van der Waals surface area contributed by atoms with Crippen LogP contribution in [-0.4, -0.2) is 33.7 Å². The second-order valence-electron chi connectivity index (χ2n) is 3.34. The van der Waals surface area contributed by atoms with Crippen molar-refractivity contribution < 1.29 is 21.6 Å². The normalized spacial score (nSPS) is 15.1. The zero-order valence-corrected chi connectivity index (χ0v) is 9.66. The predicted octanol–water partition coefficient (Wildman–Crippen LogP) is 0.100. The Morgan fingerprint density at radius 2 is 1.88 bits per heavy atom. The van der Waals surface area contributed by atoms with Crippen molar-refractivity contribution >= 4 is 10.2 Å². The molecule has 1 unspecified atom stereocenters. The first-order valence-corrected chi connectivity index (χ1v) is 6.21. The molecule has 0 radical (unpaired) electrons. The first-order chi connectivity index (χ1) is 7.16. The van der Waals surface area contributed by atoms with E-state index in [1.165, 1.54) is 4.72 Å². The summed E-state index contributed by atoms with van der Waals surface area (Å²) in [5.74, 6) is 0. The van der Waals surface area contributed by atoms with Gasteiger partial charge in [-0.05, 0) is 6.42 Å². The maximum atomic E-state index is 11.7. The van der Waals surface area contributed by atoms with Gasteiger partial charge in [-0.25, -0.2) is 4.72 Å². The molecule has 0 aliphatic heterocycles. The van der Waals surface area contributed by atoms with Crippen molar-refractivity contribution in [2.24, 2.45) is 5.73 Å². The van der Waals surface area contributed by atoms with Crippen LogP contribution in [0.25, 0.3) is 0 Å². The minimum atomic E-state index is -4.57. The summed E-state index contributed by atoms with van der Waals surface area (Å²) in [4.78, 5) is 0. The Labute approximate surface area is 92.8 Å². The van der Waals surface area contributed by atoms with Gasteiger partial charge in [-0.2, -0.15) is 26.3 Å². The van der Waals surface area contributed by atoms with Gasteiger partial charge < -0.3 is 5.73 Å². The fourth-order valence-electron chi connectivity index (χ4n) is 0.917. The van der Waals surface area contributed by atoms with Crippen LogP contribution in [0.4, 0.5) is 13.2 Å². The summed E-state index contributed by atoms with van der Waals surface area (Å²) in [6.45, 7) is 0.197. The van der Waals surface area contributed by atoms with Gasteiger partial charge in [0, 0.05) is 12.6 Å². The fourth-order valence-corrected chi connectivity index (χ4v) is 1.81. The third-order valence-electron chi connectivity index (χ3n) is 1.66. The topological polar surface area (TPSA) is 84.2 Å². The minimum absolute atomic E-state index is 0.0823. The summed E-state index contributed by atoms with van der Waals surface area (Å²) in [6.07, 6.45) is -3.19. The van der Waals surface area contributed by atoms with E-state index in [0.717, 1.165) is 6.42 Å². The molecule has 0 heterocycles. The molecular weight excluding hydrogens is 247 g/mol. The maximum Gasteiger partial charge on any atom is 0.402 e. The molecule has 1 atom stereocenters.